The van der Waals surface area contributed by atoms with Crippen LogP contribution in [-0.4, -0.2) is 11.1 Å². The molecule has 2 rings (SSSR count). The van der Waals surface area contributed by atoms with E-state index in [-0.39, 0.29) is 22.3 Å². The zero-order valence-corrected chi connectivity index (χ0v) is 11.7. The molecule has 0 unspecified atom stereocenters. The molecule has 2 N–H and O–H groups in total. The number of nitrogens with one attached hydrogen (secondary N) is 1. The van der Waals surface area contributed by atoms with E-state index >= 15 is 0 Å². The van der Waals surface area contributed by atoms with E-state index < -0.39 is 17.6 Å². The van der Waals surface area contributed by atoms with Gasteiger partial charge in [0.2, 0.25) is 0 Å². The maximum Gasteiger partial charge on any atom is 0.335 e. The van der Waals surface area contributed by atoms with Gasteiger partial charge in [-0.25, -0.2) is 13.6 Å². The van der Waals surface area contributed by atoms with E-state index in [0.717, 1.165) is 12.1 Å². The van der Waals surface area contributed by atoms with E-state index in [1.807, 2.05) is 0 Å². The van der Waals surface area contributed by atoms with Crippen LogP contribution in [0.25, 0.3) is 0 Å². The first-order valence-electron chi connectivity index (χ1n) is 5.68. The molecule has 2 aromatic carbocycles. The largest absolute Gasteiger partial charge is 0.478 e. The summed E-state index contributed by atoms with van der Waals surface area (Å²) >= 11 is 2.89. The Hall–Kier alpha value is -1.95. The molecule has 0 saturated heterocycles. The van der Waals surface area contributed by atoms with Crippen molar-refractivity contribution >= 4 is 27.6 Å². The quantitative estimate of drug-likeness (QED) is 0.825. The van der Waals surface area contributed by atoms with Crippen LogP contribution in [0, 0.1) is 11.6 Å². The van der Waals surface area contributed by atoms with E-state index in [4.69, 9.17) is 5.11 Å². The number of benzene rings is 2. The summed E-state index contributed by atoms with van der Waals surface area (Å²) in [5.74, 6) is -2.20. The van der Waals surface area contributed by atoms with Crippen molar-refractivity contribution in [3.05, 3.63) is 63.6 Å². The Morgan fingerprint density at radius 1 is 1.20 bits per heavy atom. The Bertz CT molecular complexity index is 662. The van der Waals surface area contributed by atoms with Gasteiger partial charge >= 0.3 is 5.97 Å². The van der Waals surface area contributed by atoms with Crippen molar-refractivity contribution in [3.63, 3.8) is 0 Å². The zero-order chi connectivity index (χ0) is 14.7. The molecule has 0 aliphatic rings. The highest BCUT2D eigenvalue weighted by Gasteiger charge is 2.08. The molecule has 2 aromatic rings. The second-order valence-electron chi connectivity index (χ2n) is 4.11. The summed E-state index contributed by atoms with van der Waals surface area (Å²) < 4.78 is 27.0. The van der Waals surface area contributed by atoms with E-state index in [9.17, 15) is 13.6 Å². The van der Waals surface area contributed by atoms with Crippen LogP contribution in [0.2, 0.25) is 0 Å². The van der Waals surface area contributed by atoms with Crippen molar-refractivity contribution in [3.8, 4) is 0 Å². The molecule has 0 aliphatic heterocycles. The Kier molecular flexibility index (Phi) is 4.34. The van der Waals surface area contributed by atoms with Gasteiger partial charge < -0.3 is 10.4 Å². The van der Waals surface area contributed by atoms with Gasteiger partial charge in [0.1, 0.15) is 11.6 Å². The van der Waals surface area contributed by atoms with Gasteiger partial charge in [-0.1, -0.05) is 12.1 Å². The lowest BCUT2D eigenvalue weighted by atomic mass is 10.1. The van der Waals surface area contributed by atoms with Crippen LogP contribution in [0.15, 0.2) is 40.9 Å². The Morgan fingerprint density at radius 2 is 1.95 bits per heavy atom. The summed E-state index contributed by atoms with van der Waals surface area (Å²) in [6.07, 6.45) is 0. The molecule has 0 saturated carbocycles. The lowest BCUT2D eigenvalue weighted by Crippen LogP contribution is -2.04. The molecule has 0 aliphatic carbocycles. The first kappa shape index (κ1) is 14.5. The van der Waals surface area contributed by atoms with E-state index in [0.29, 0.717) is 5.56 Å². The van der Waals surface area contributed by atoms with Crippen LogP contribution in [0.3, 0.4) is 0 Å². The van der Waals surface area contributed by atoms with Crippen molar-refractivity contribution in [1.82, 2.24) is 0 Å². The maximum atomic E-state index is 13.6. The molecule has 0 amide bonds. The van der Waals surface area contributed by atoms with Gasteiger partial charge in [-0.3, -0.25) is 0 Å². The van der Waals surface area contributed by atoms with E-state index in [2.05, 4.69) is 21.2 Å². The first-order chi connectivity index (χ1) is 9.47. The fourth-order valence-electron chi connectivity index (χ4n) is 1.67. The maximum absolute atomic E-state index is 13.6. The lowest BCUT2D eigenvalue weighted by molar-refractivity contribution is 0.0696. The second-order valence-corrected chi connectivity index (χ2v) is 4.96. The van der Waals surface area contributed by atoms with Gasteiger partial charge in [0.25, 0.3) is 0 Å². The topological polar surface area (TPSA) is 49.3 Å². The number of halogens is 3. The van der Waals surface area contributed by atoms with Gasteiger partial charge in [0.05, 0.1) is 15.7 Å². The number of carbonyl (C=O) groups is 1. The minimum Gasteiger partial charge on any atom is -0.478 e. The van der Waals surface area contributed by atoms with Crippen molar-refractivity contribution in [2.24, 2.45) is 0 Å². The van der Waals surface area contributed by atoms with Crippen molar-refractivity contribution in [2.75, 3.05) is 5.32 Å². The number of rotatable bonds is 4. The smallest absolute Gasteiger partial charge is 0.335 e. The molecule has 0 atom stereocenters. The molecule has 6 heteroatoms. The minimum absolute atomic E-state index is 0.0198. The lowest BCUT2D eigenvalue weighted by Gasteiger charge is -2.09. The average Bonchev–Trinajstić information content (AvgIpc) is 2.41. The fraction of sp³-hybridized carbons (Fsp3) is 0.0714. The molecule has 3 nitrogen and oxygen atoms in total. The number of anilines is 1. The molecule has 0 aromatic heterocycles. The molecule has 20 heavy (non-hydrogen) atoms. The summed E-state index contributed by atoms with van der Waals surface area (Å²) in [6, 6.07) is 8.31. The Balaban J connectivity index is 2.15. The minimum atomic E-state index is -1.03. The van der Waals surface area contributed by atoms with Crippen molar-refractivity contribution in [1.29, 1.82) is 0 Å². The van der Waals surface area contributed by atoms with Gasteiger partial charge in [0, 0.05) is 12.6 Å². The number of hydrogen-bond acceptors (Lipinski definition) is 2. The van der Waals surface area contributed by atoms with Crippen LogP contribution >= 0.6 is 15.9 Å². The molecule has 0 bridgehead atoms. The van der Waals surface area contributed by atoms with Gasteiger partial charge in [-0.05, 0) is 39.7 Å². The van der Waals surface area contributed by atoms with Gasteiger partial charge in [-0.2, -0.15) is 0 Å². The predicted molar refractivity (Wildman–Crippen MR) is 74.8 cm³/mol. The highest BCUT2D eigenvalue weighted by molar-refractivity contribution is 9.10. The standard InChI is InChI=1S/C14H10BrF2NO2/c15-10-5-12(17)13(6-11(10)16)18-7-8-2-1-3-9(4-8)14(19)20/h1-6,18H,7H2,(H,19,20). The monoisotopic (exact) mass is 341 g/mol. The molecule has 104 valence electrons. The molecular weight excluding hydrogens is 332 g/mol. The Labute approximate surface area is 122 Å². The molecule has 0 spiro atoms. The van der Waals surface area contributed by atoms with E-state index in [1.54, 1.807) is 12.1 Å². The van der Waals surface area contributed by atoms with Crippen LogP contribution in [0.5, 0.6) is 0 Å². The summed E-state index contributed by atoms with van der Waals surface area (Å²) in [4.78, 5) is 10.8. The molecular formula is C14H10BrF2NO2. The molecule has 0 fully saturated rings. The zero-order valence-electron chi connectivity index (χ0n) is 10.2. The first-order valence-corrected chi connectivity index (χ1v) is 6.47. The van der Waals surface area contributed by atoms with Gasteiger partial charge in [0.15, 0.2) is 0 Å². The van der Waals surface area contributed by atoms with E-state index in [1.165, 1.54) is 12.1 Å². The average molecular weight is 342 g/mol. The Morgan fingerprint density at radius 3 is 2.65 bits per heavy atom. The molecule has 0 heterocycles. The van der Waals surface area contributed by atoms with Crippen LogP contribution in [-0.2, 0) is 6.54 Å². The normalized spacial score (nSPS) is 10.3. The van der Waals surface area contributed by atoms with Crippen LogP contribution < -0.4 is 5.32 Å². The fourth-order valence-corrected chi connectivity index (χ4v) is 1.99. The van der Waals surface area contributed by atoms with Crippen LogP contribution in [0.4, 0.5) is 14.5 Å². The third-order valence-corrected chi connectivity index (χ3v) is 3.27. The van der Waals surface area contributed by atoms with Crippen molar-refractivity contribution < 1.29 is 18.7 Å². The second kappa shape index (κ2) is 6.00. The number of carboxylic acid groups (broad SMARTS) is 1. The number of aromatic carboxylic acids is 1. The summed E-state index contributed by atoms with van der Waals surface area (Å²) in [7, 11) is 0. The van der Waals surface area contributed by atoms with Crippen molar-refractivity contribution in [2.45, 2.75) is 6.54 Å². The SMILES string of the molecule is O=C(O)c1cccc(CNc2cc(F)c(Br)cc2F)c1. The molecule has 0 radical (unpaired) electrons. The summed E-state index contributed by atoms with van der Waals surface area (Å²) in [5.41, 5.74) is 0.825. The third-order valence-electron chi connectivity index (χ3n) is 2.67. The summed E-state index contributed by atoms with van der Waals surface area (Å²) in [6.45, 7) is 0.194. The highest BCUT2D eigenvalue weighted by Crippen LogP contribution is 2.23. The highest BCUT2D eigenvalue weighted by atomic mass is 79.9. The number of carboxylic acids is 1. The number of hydrogen-bond donors (Lipinski definition) is 2. The predicted octanol–water partition coefficient (Wildman–Crippen LogP) is 4.04. The van der Waals surface area contributed by atoms with Crippen LogP contribution in [0.1, 0.15) is 15.9 Å². The third kappa shape index (κ3) is 3.33. The summed E-state index contributed by atoms with van der Waals surface area (Å²) in [5, 5.41) is 11.6. The van der Waals surface area contributed by atoms with Gasteiger partial charge in [-0.15, -0.1) is 0 Å².